The molecular formula is C8H13N3O2. The Morgan fingerprint density at radius 3 is 2.92 bits per heavy atom. The third kappa shape index (κ3) is 1.71. The molecule has 0 radical (unpaired) electrons. The van der Waals surface area contributed by atoms with Gasteiger partial charge in [0.1, 0.15) is 6.10 Å². The molecule has 72 valence electrons. The van der Waals surface area contributed by atoms with Crippen molar-refractivity contribution in [1.82, 2.24) is 10.1 Å². The van der Waals surface area contributed by atoms with E-state index in [1.807, 2.05) is 0 Å². The largest absolute Gasteiger partial charge is 0.373 e. The second kappa shape index (κ2) is 3.43. The molecule has 1 aliphatic rings. The Morgan fingerprint density at radius 1 is 1.69 bits per heavy atom. The topological polar surface area (TPSA) is 74.2 Å². The lowest BCUT2D eigenvalue weighted by Crippen LogP contribution is -2.06. The summed E-state index contributed by atoms with van der Waals surface area (Å²) in [6.45, 7) is 0.286. The zero-order valence-corrected chi connectivity index (χ0v) is 7.56. The number of hydrogen-bond donors (Lipinski definition) is 1. The molecule has 1 unspecified atom stereocenters. The van der Waals surface area contributed by atoms with Gasteiger partial charge in [0.25, 0.3) is 0 Å². The van der Waals surface area contributed by atoms with Crippen LogP contribution in [0.5, 0.6) is 0 Å². The molecule has 0 amide bonds. The first kappa shape index (κ1) is 8.65. The molecule has 5 nitrogen and oxygen atoms in total. The standard InChI is InChI=1S/C8H13N3O2/c1-12-7(5-2-3-5)8-10-6(4-9)13-11-8/h5,7H,2-4,9H2,1H3. The monoisotopic (exact) mass is 183 g/mol. The molecular weight excluding hydrogens is 170 g/mol. The molecule has 1 fully saturated rings. The van der Waals surface area contributed by atoms with E-state index in [0.717, 1.165) is 0 Å². The van der Waals surface area contributed by atoms with Gasteiger partial charge in [0, 0.05) is 7.11 Å². The quantitative estimate of drug-likeness (QED) is 0.740. The van der Waals surface area contributed by atoms with Crippen LogP contribution in [0.1, 0.15) is 30.7 Å². The van der Waals surface area contributed by atoms with E-state index in [9.17, 15) is 0 Å². The lowest BCUT2D eigenvalue weighted by Gasteiger charge is -2.07. The van der Waals surface area contributed by atoms with Crippen LogP contribution in [-0.2, 0) is 11.3 Å². The van der Waals surface area contributed by atoms with Crippen LogP contribution in [0.3, 0.4) is 0 Å². The third-order valence-electron chi connectivity index (χ3n) is 2.22. The predicted octanol–water partition coefficient (Wildman–Crippen LogP) is 0.626. The summed E-state index contributed by atoms with van der Waals surface area (Å²) in [5, 5.41) is 3.83. The first-order chi connectivity index (χ1) is 6.35. The van der Waals surface area contributed by atoms with Gasteiger partial charge < -0.3 is 15.0 Å². The molecule has 1 aromatic heterocycles. The van der Waals surface area contributed by atoms with Crippen molar-refractivity contribution in [2.45, 2.75) is 25.5 Å². The van der Waals surface area contributed by atoms with E-state index in [1.165, 1.54) is 12.8 Å². The van der Waals surface area contributed by atoms with E-state index in [2.05, 4.69) is 10.1 Å². The molecule has 0 saturated heterocycles. The molecule has 13 heavy (non-hydrogen) atoms. The second-order valence-electron chi connectivity index (χ2n) is 3.24. The molecule has 0 aromatic carbocycles. The summed E-state index contributed by atoms with van der Waals surface area (Å²) in [7, 11) is 1.67. The van der Waals surface area contributed by atoms with Gasteiger partial charge >= 0.3 is 0 Å². The van der Waals surface area contributed by atoms with Crippen molar-refractivity contribution in [3.63, 3.8) is 0 Å². The number of nitrogens with two attached hydrogens (primary N) is 1. The van der Waals surface area contributed by atoms with Gasteiger partial charge in [0.2, 0.25) is 11.7 Å². The predicted molar refractivity (Wildman–Crippen MR) is 44.7 cm³/mol. The number of ether oxygens (including phenoxy) is 1. The first-order valence-electron chi connectivity index (χ1n) is 4.40. The van der Waals surface area contributed by atoms with Crippen molar-refractivity contribution >= 4 is 0 Å². The molecule has 1 aromatic rings. The van der Waals surface area contributed by atoms with Crippen LogP contribution >= 0.6 is 0 Å². The fraction of sp³-hybridized carbons (Fsp3) is 0.750. The highest BCUT2D eigenvalue weighted by molar-refractivity contribution is 4.97. The van der Waals surface area contributed by atoms with Crippen molar-refractivity contribution in [2.75, 3.05) is 7.11 Å². The zero-order valence-electron chi connectivity index (χ0n) is 7.56. The lowest BCUT2D eigenvalue weighted by atomic mass is 10.2. The van der Waals surface area contributed by atoms with Gasteiger partial charge in [-0.15, -0.1) is 0 Å². The molecule has 1 aliphatic carbocycles. The zero-order chi connectivity index (χ0) is 9.26. The Kier molecular flexibility index (Phi) is 2.28. The average molecular weight is 183 g/mol. The first-order valence-corrected chi connectivity index (χ1v) is 4.40. The van der Waals surface area contributed by atoms with Crippen molar-refractivity contribution in [1.29, 1.82) is 0 Å². The highest BCUT2D eigenvalue weighted by atomic mass is 16.5. The summed E-state index contributed by atoms with van der Waals surface area (Å²) < 4.78 is 10.2. The van der Waals surface area contributed by atoms with E-state index < -0.39 is 0 Å². The van der Waals surface area contributed by atoms with Crippen LogP contribution in [0.2, 0.25) is 0 Å². The molecule has 1 atom stereocenters. The molecule has 1 saturated carbocycles. The maximum atomic E-state index is 5.36. The highest BCUT2D eigenvalue weighted by Gasteiger charge is 2.35. The average Bonchev–Trinajstić information content (AvgIpc) is 2.85. The number of aromatic nitrogens is 2. The number of hydrogen-bond acceptors (Lipinski definition) is 5. The van der Waals surface area contributed by atoms with Gasteiger partial charge in [-0.1, -0.05) is 5.16 Å². The molecule has 2 rings (SSSR count). The summed E-state index contributed by atoms with van der Waals surface area (Å²) in [6.07, 6.45) is 2.36. The summed E-state index contributed by atoms with van der Waals surface area (Å²) in [5.41, 5.74) is 5.36. The maximum Gasteiger partial charge on any atom is 0.240 e. The number of rotatable bonds is 4. The minimum atomic E-state index is -0.0101. The van der Waals surface area contributed by atoms with E-state index in [1.54, 1.807) is 7.11 Å². The summed E-state index contributed by atoms with van der Waals surface area (Å²) >= 11 is 0. The van der Waals surface area contributed by atoms with Crippen molar-refractivity contribution in [3.05, 3.63) is 11.7 Å². The fourth-order valence-electron chi connectivity index (χ4n) is 1.37. The number of methoxy groups -OCH3 is 1. The van der Waals surface area contributed by atoms with E-state index >= 15 is 0 Å². The van der Waals surface area contributed by atoms with Gasteiger partial charge in [-0.25, -0.2) is 0 Å². The molecule has 0 spiro atoms. The van der Waals surface area contributed by atoms with Gasteiger partial charge in [-0.3, -0.25) is 0 Å². The Hall–Kier alpha value is -0.940. The molecule has 2 N–H and O–H groups in total. The second-order valence-corrected chi connectivity index (χ2v) is 3.24. The Balaban J connectivity index is 2.12. The smallest absolute Gasteiger partial charge is 0.240 e. The van der Waals surface area contributed by atoms with Gasteiger partial charge in [-0.2, -0.15) is 4.98 Å². The fourth-order valence-corrected chi connectivity index (χ4v) is 1.37. The minimum Gasteiger partial charge on any atom is -0.373 e. The minimum absolute atomic E-state index is 0.0101. The van der Waals surface area contributed by atoms with Gasteiger partial charge in [0.15, 0.2) is 0 Å². The number of nitrogens with zero attached hydrogens (tertiary/aromatic N) is 2. The van der Waals surface area contributed by atoms with E-state index in [0.29, 0.717) is 17.6 Å². The summed E-state index contributed by atoms with van der Waals surface area (Å²) in [4.78, 5) is 4.13. The van der Waals surface area contributed by atoms with Crippen molar-refractivity contribution in [3.8, 4) is 0 Å². The van der Waals surface area contributed by atoms with Crippen LogP contribution in [-0.4, -0.2) is 17.3 Å². The molecule has 0 bridgehead atoms. The van der Waals surface area contributed by atoms with Crippen molar-refractivity contribution in [2.24, 2.45) is 11.7 Å². The Labute approximate surface area is 76.3 Å². The van der Waals surface area contributed by atoms with Crippen LogP contribution in [0.4, 0.5) is 0 Å². The SMILES string of the molecule is COC(c1noc(CN)n1)C1CC1. The lowest BCUT2D eigenvalue weighted by molar-refractivity contribution is 0.0751. The van der Waals surface area contributed by atoms with Crippen LogP contribution in [0.15, 0.2) is 4.52 Å². The van der Waals surface area contributed by atoms with Crippen molar-refractivity contribution < 1.29 is 9.26 Å². The third-order valence-corrected chi connectivity index (χ3v) is 2.22. The molecule has 1 heterocycles. The van der Waals surface area contributed by atoms with Gasteiger partial charge in [0.05, 0.1) is 6.54 Å². The van der Waals surface area contributed by atoms with Crippen LogP contribution in [0, 0.1) is 5.92 Å². The molecule has 5 heteroatoms. The summed E-state index contributed by atoms with van der Waals surface area (Å²) in [5.74, 6) is 1.66. The van der Waals surface area contributed by atoms with Gasteiger partial charge in [-0.05, 0) is 18.8 Å². The van der Waals surface area contributed by atoms with Crippen LogP contribution in [0.25, 0.3) is 0 Å². The molecule has 0 aliphatic heterocycles. The summed E-state index contributed by atoms with van der Waals surface area (Å²) in [6, 6.07) is 0. The van der Waals surface area contributed by atoms with E-state index in [4.69, 9.17) is 15.0 Å². The Bertz CT molecular complexity index is 283. The normalized spacial score (nSPS) is 18.9. The maximum absolute atomic E-state index is 5.36. The highest BCUT2D eigenvalue weighted by Crippen LogP contribution is 2.41. The van der Waals surface area contributed by atoms with Crippen LogP contribution < -0.4 is 5.73 Å². The Morgan fingerprint density at radius 2 is 2.46 bits per heavy atom. The van der Waals surface area contributed by atoms with E-state index in [-0.39, 0.29) is 12.6 Å².